The lowest BCUT2D eigenvalue weighted by molar-refractivity contribution is -0.890. The lowest BCUT2D eigenvalue weighted by Gasteiger charge is -2.29. The van der Waals surface area contributed by atoms with Gasteiger partial charge in [-0.15, -0.1) is 0 Å². The molecule has 0 fully saturated rings. The van der Waals surface area contributed by atoms with Gasteiger partial charge in [0.25, 0.3) is 0 Å². The summed E-state index contributed by atoms with van der Waals surface area (Å²) in [5.74, 6) is -0.666. The van der Waals surface area contributed by atoms with Crippen molar-refractivity contribution in [1.29, 1.82) is 0 Å². The van der Waals surface area contributed by atoms with Crippen LogP contribution in [-0.4, -0.2) is 117 Å². The number of unbranched alkanes of at least 4 members (excludes halogenated alkanes) is 7. The van der Waals surface area contributed by atoms with Crippen LogP contribution in [0.15, 0.2) is 36.4 Å². The van der Waals surface area contributed by atoms with Crippen molar-refractivity contribution in [2.45, 2.75) is 97.3 Å². The SMILES string of the molecule is CCCCCCCN(C)C.CCCCCC[N+](C)(C)CCOP(=O)(O)OCCCc1ccc(O)c(O)c1.COP(=O)(OC)OCCCc1ccc(O)c(O)c1. The van der Waals surface area contributed by atoms with Crippen LogP contribution in [0.5, 0.6) is 23.0 Å². The number of likely N-dealkylation sites (N-methyl/N-ethyl adjacent to an activating group) is 1. The molecular weight excluding hydrogens is 750 g/mol. The third-order valence-corrected chi connectivity index (χ3v) is 10.9. The summed E-state index contributed by atoms with van der Waals surface area (Å²) in [7, 11) is 3.50. The van der Waals surface area contributed by atoms with Crippen LogP contribution in [0.3, 0.4) is 0 Å². The van der Waals surface area contributed by atoms with Crippen LogP contribution < -0.4 is 0 Å². The standard InChI is InChI=1S/C19H34NO6P.C11H17O6P.C9H21N/c1-4-5-6-7-12-20(2,3)13-15-26-27(23,24)25-14-8-9-17-10-11-18(21)19(22)16-17;1-15-18(14,16-2)17-7-3-4-9-5-6-10(12)11(13)8-9;1-4-5-6-7-8-9-10(2)3/h10-11,16H,4-9,12-15H2,1-3H3,(H2-,21,22,23,24);5-6,8,12-13H,3-4,7H2,1-2H3;4-9H2,1-3H3/p+1. The number of phosphoric ester groups is 2. The molecule has 1 atom stereocenters. The first-order valence-electron chi connectivity index (χ1n) is 19.4. The van der Waals surface area contributed by atoms with Crippen molar-refractivity contribution in [2.75, 3.05) is 81.9 Å². The molecule has 0 aromatic heterocycles. The van der Waals surface area contributed by atoms with Crippen LogP contribution in [0.2, 0.25) is 0 Å². The molecule has 14 nitrogen and oxygen atoms in total. The Labute approximate surface area is 331 Å². The third kappa shape index (κ3) is 27.9. The predicted octanol–water partition coefficient (Wildman–Crippen LogP) is 8.79. The van der Waals surface area contributed by atoms with E-state index < -0.39 is 15.6 Å². The van der Waals surface area contributed by atoms with Crippen molar-refractivity contribution in [2.24, 2.45) is 0 Å². The molecule has 0 saturated carbocycles. The van der Waals surface area contributed by atoms with Crippen LogP contribution >= 0.6 is 15.6 Å². The van der Waals surface area contributed by atoms with Crippen molar-refractivity contribution >= 4 is 15.6 Å². The van der Waals surface area contributed by atoms with E-state index in [2.05, 4.69) is 56.0 Å². The van der Waals surface area contributed by atoms with E-state index in [4.69, 9.17) is 18.7 Å². The zero-order valence-electron chi connectivity index (χ0n) is 34.8. The highest BCUT2D eigenvalue weighted by molar-refractivity contribution is 7.48. The molecule has 320 valence electrons. The zero-order valence-corrected chi connectivity index (χ0v) is 36.6. The summed E-state index contributed by atoms with van der Waals surface area (Å²) in [6, 6.07) is 9.15. The molecule has 0 aliphatic heterocycles. The largest absolute Gasteiger partial charge is 0.504 e. The van der Waals surface area contributed by atoms with Crippen LogP contribution in [0.4, 0.5) is 0 Å². The van der Waals surface area contributed by atoms with Gasteiger partial charge in [-0.1, -0.05) is 64.5 Å². The number of rotatable bonds is 27. The van der Waals surface area contributed by atoms with E-state index in [1.807, 2.05) is 0 Å². The van der Waals surface area contributed by atoms with Crippen molar-refractivity contribution in [3.63, 3.8) is 0 Å². The molecule has 0 saturated heterocycles. The van der Waals surface area contributed by atoms with Gasteiger partial charge in [-0.2, -0.15) is 0 Å². The molecule has 16 heteroatoms. The molecule has 2 aromatic rings. The van der Waals surface area contributed by atoms with Crippen molar-refractivity contribution in [3.8, 4) is 23.0 Å². The van der Waals surface area contributed by atoms with Gasteiger partial charge in [-0.25, -0.2) is 9.13 Å². The lowest BCUT2D eigenvalue weighted by atomic mass is 10.1. The minimum atomic E-state index is -4.05. The smallest absolute Gasteiger partial charge is 0.474 e. The highest BCUT2D eigenvalue weighted by atomic mass is 31.2. The zero-order chi connectivity index (χ0) is 41.8. The van der Waals surface area contributed by atoms with E-state index in [-0.39, 0.29) is 42.8 Å². The highest BCUT2D eigenvalue weighted by Gasteiger charge is 2.24. The van der Waals surface area contributed by atoms with E-state index in [0.29, 0.717) is 32.2 Å². The molecule has 1 unspecified atom stereocenters. The van der Waals surface area contributed by atoms with Crippen LogP contribution in [0.1, 0.15) is 95.6 Å². The van der Waals surface area contributed by atoms with Crippen LogP contribution in [-0.2, 0) is 44.6 Å². The average molecular weight is 824 g/mol. The normalized spacial score (nSPS) is 12.8. The molecule has 0 heterocycles. The van der Waals surface area contributed by atoms with Gasteiger partial charge in [0.05, 0.1) is 33.9 Å². The summed E-state index contributed by atoms with van der Waals surface area (Å²) < 4.78 is 48.5. The topological polar surface area (TPSA) is 185 Å². The van der Waals surface area contributed by atoms with Gasteiger partial charge in [0.2, 0.25) is 0 Å². The highest BCUT2D eigenvalue weighted by Crippen LogP contribution is 2.47. The quantitative estimate of drug-likeness (QED) is 0.0250. The fourth-order valence-electron chi connectivity index (χ4n) is 5.09. The van der Waals surface area contributed by atoms with Crippen LogP contribution in [0.25, 0.3) is 0 Å². The maximum Gasteiger partial charge on any atom is 0.474 e. The molecule has 0 amide bonds. The maximum atomic E-state index is 11.9. The van der Waals surface area contributed by atoms with Gasteiger partial charge in [-0.3, -0.25) is 22.6 Å². The van der Waals surface area contributed by atoms with E-state index >= 15 is 0 Å². The van der Waals surface area contributed by atoms with Gasteiger partial charge in [0.1, 0.15) is 13.2 Å². The van der Waals surface area contributed by atoms with Crippen molar-refractivity contribution < 1.29 is 61.6 Å². The second-order valence-electron chi connectivity index (χ2n) is 14.3. The number of benzene rings is 2. The molecule has 0 spiro atoms. The first-order chi connectivity index (χ1) is 25.9. The molecule has 0 aliphatic rings. The fourth-order valence-corrected chi connectivity index (χ4v) is 6.55. The average Bonchev–Trinajstić information content (AvgIpc) is 3.13. The van der Waals surface area contributed by atoms with E-state index in [9.17, 15) is 29.3 Å². The summed E-state index contributed by atoms with van der Waals surface area (Å²) >= 11 is 0. The summed E-state index contributed by atoms with van der Waals surface area (Å²) in [6.45, 7) is 7.80. The first-order valence-corrected chi connectivity index (χ1v) is 22.3. The fraction of sp³-hybridized carbons (Fsp3) is 0.692. The number of quaternary nitrogens is 1. The maximum absolute atomic E-state index is 11.9. The van der Waals surface area contributed by atoms with Crippen LogP contribution in [0, 0.1) is 0 Å². The Balaban J connectivity index is 0.000000891. The van der Waals surface area contributed by atoms with Gasteiger partial charge >= 0.3 is 15.6 Å². The number of hydrogen-bond donors (Lipinski definition) is 5. The molecule has 55 heavy (non-hydrogen) atoms. The first kappa shape index (κ1) is 52.8. The number of phenols is 4. The lowest BCUT2D eigenvalue weighted by Crippen LogP contribution is -2.42. The monoisotopic (exact) mass is 823 g/mol. The molecule has 0 radical (unpaired) electrons. The summed E-state index contributed by atoms with van der Waals surface area (Å²) in [4.78, 5) is 12.0. The summed E-state index contributed by atoms with van der Waals surface area (Å²) in [5, 5.41) is 37.2. The van der Waals surface area contributed by atoms with E-state index in [0.717, 1.165) is 28.6 Å². The van der Waals surface area contributed by atoms with E-state index in [1.165, 1.54) is 96.4 Å². The number of aromatic hydroxyl groups is 4. The molecule has 2 rings (SSSR count). The van der Waals surface area contributed by atoms with Gasteiger partial charge in [0.15, 0.2) is 23.0 Å². The molecular formula is C39H73N2O12P2+. The number of nitrogens with zero attached hydrogens (tertiary/aromatic N) is 2. The Kier molecular flexibility index (Phi) is 28.7. The van der Waals surface area contributed by atoms with Crippen molar-refractivity contribution in [3.05, 3.63) is 47.5 Å². The Hall–Kier alpha value is -2.22. The van der Waals surface area contributed by atoms with Gasteiger partial charge in [-0.05, 0) is 101 Å². The molecule has 0 bridgehead atoms. The second kappa shape index (κ2) is 29.9. The van der Waals surface area contributed by atoms with Crippen molar-refractivity contribution in [1.82, 2.24) is 4.90 Å². The third-order valence-electron chi connectivity index (χ3n) is 8.53. The molecule has 5 N–H and O–H groups in total. The minimum absolute atomic E-state index is 0.0741. The Bertz CT molecular complexity index is 1370. The summed E-state index contributed by atoms with van der Waals surface area (Å²) in [5.41, 5.74) is 1.66. The molecule has 2 aromatic carbocycles. The number of aryl methyl sites for hydroxylation is 2. The number of hydrogen-bond acceptors (Lipinski definition) is 12. The van der Waals surface area contributed by atoms with E-state index in [1.54, 1.807) is 12.1 Å². The Morgan fingerprint density at radius 1 is 0.600 bits per heavy atom. The summed E-state index contributed by atoms with van der Waals surface area (Å²) in [6.07, 6.45) is 14.0. The Morgan fingerprint density at radius 3 is 1.51 bits per heavy atom. The Morgan fingerprint density at radius 2 is 1.05 bits per heavy atom. The second-order valence-corrected chi connectivity index (χ2v) is 17.6. The van der Waals surface area contributed by atoms with Gasteiger partial charge in [0, 0.05) is 14.2 Å². The van der Waals surface area contributed by atoms with Gasteiger partial charge < -0.3 is 34.7 Å². The molecule has 0 aliphatic carbocycles. The predicted molar refractivity (Wildman–Crippen MR) is 219 cm³/mol. The number of phenolic OH excluding ortho intramolecular Hbond substituents is 4. The minimum Gasteiger partial charge on any atom is -0.504 e. The number of phosphoric acid groups is 2.